The van der Waals surface area contributed by atoms with Crippen LogP contribution in [0.5, 0.6) is 0 Å². The Morgan fingerprint density at radius 3 is 2.68 bits per heavy atom. The SMILES string of the molecule is C=C(/C=C1\C(=O)C(c2c[nH]c3ccc(C#N)cc23)=C1O)C(C)(C)c1cc(Cl)ccc1C. The molecule has 1 aliphatic carbocycles. The number of carbonyl (C=O) groups excluding carboxylic acids is 1. The number of nitrogens with zero attached hydrogens (tertiary/aromatic N) is 1. The monoisotopic (exact) mass is 428 g/mol. The number of ketones is 1. The molecule has 1 heterocycles. The topological polar surface area (TPSA) is 76.9 Å². The molecule has 2 N–H and O–H groups in total. The molecular formula is C26H21ClN2O2. The van der Waals surface area contributed by atoms with Crippen molar-refractivity contribution in [2.45, 2.75) is 26.2 Å². The molecule has 0 fully saturated rings. The van der Waals surface area contributed by atoms with Crippen LogP contribution in [0.4, 0.5) is 0 Å². The second kappa shape index (κ2) is 7.30. The number of aromatic amines is 1. The van der Waals surface area contributed by atoms with E-state index >= 15 is 0 Å². The number of aliphatic hydroxyl groups is 1. The van der Waals surface area contributed by atoms with Gasteiger partial charge in [-0.15, -0.1) is 0 Å². The van der Waals surface area contributed by atoms with Crippen LogP contribution in [0.2, 0.25) is 5.02 Å². The van der Waals surface area contributed by atoms with Crippen molar-refractivity contribution in [1.29, 1.82) is 5.26 Å². The summed E-state index contributed by atoms with van der Waals surface area (Å²) in [5.74, 6) is -0.312. The van der Waals surface area contributed by atoms with Gasteiger partial charge in [0.2, 0.25) is 5.78 Å². The van der Waals surface area contributed by atoms with Crippen LogP contribution in [-0.4, -0.2) is 15.9 Å². The van der Waals surface area contributed by atoms with Crippen LogP contribution in [0.1, 0.15) is 36.1 Å². The maximum absolute atomic E-state index is 13.0. The number of Topliss-reactive ketones (excluding diaryl/α,β-unsaturated/α-hetero) is 1. The summed E-state index contributed by atoms with van der Waals surface area (Å²) >= 11 is 6.19. The lowest BCUT2D eigenvalue weighted by Crippen LogP contribution is -2.24. The van der Waals surface area contributed by atoms with Gasteiger partial charge in [0.05, 0.1) is 22.8 Å². The highest BCUT2D eigenvalue weighted by Crippen LogP contribution is 2.42. The quantitative estimate of drug-likeness (QED) is 0.478. The van der Waals surface area contributed by atoms with Crippen LogP contribution >= 0.6 is 11.6 Å². The van der Waals surface area contributed by atoms with Gasteiger partial charge in [0.1, 0.15) is 5.76 Å². The van der Waals surface area contributed by atoms with Crippen molar-refractivity contribution in [3.8, 4) is 6.07 Å². The summed E-state index contributed by atoms with van der Waals surface area (Å²) in [6.07, 6.45) is 3.33. The number of H-pyrrole nitrogens is 1. The maximum Gasteiger partial charge on any atom is 0.201 e. The number of allylic oxidation sites excluding steroid dienone is 4. The number of aliphatic hydroxyl groups excluding tert-OH is 1. The smallest absolute Gasteiger partial charge is 0.201 e. The number of nitrogens with one attached hydrogen (secondary N) is 1. The molecule has 154 valence electrons. The zero-order chi connectivity index (χ0) is 22.5. The van der Waals surface area contributed by atoms with Crippen LogP contribution in [0, 0.1) is 18.3 Å². The highest BCUT2D eigenvalue weighted by molar-refractivity contribution is 6.40. The Morgan fingerprint density at radius 2 is 2.00 bits per heavy atom. The van der Waals surface area contributed by atoms with E-state index in [-0.39, 0.29) is 22.7 Å². The third kappa shape index (κ3) is 3.28. The van der Waals surface area contributed by atoms with E-state index in [1.807, 2.05) is 39.0 Å². The predicted molar refractivity (Wildman–Crippen MR) is 124 cm³/mol. The van der Waals surface area contributed by atoms with Crippen molar-refractivity contribution in [2.24, 2.45) is 0 Å². The molecule has 5 heteroatoms. The second-order valence-electron chi connectivity index (χ2n) is 8.29. The lowest BCUT2D eigenvalue weighted by atomic mass is 9.74. The Morgan fingerprint density at radius 1 is 1.26 bits per heavy atom. The van der Waals surface area contributed by atoms with Gasteiger partial charge in [-0.25, -0.2) is 0 Å². The maximum atomic E-state index is 13.0. The van der Waals surface area contributed by atoms with Crippen LogP contribution in [0.3, 0.4) is 0 Å². The van der Waals surface area contributed by atoms with Gasteiger partial charge in [-0.2, -0.15) is 5.26 Å². The predicted octanol–water partition coefficient (Wildman–Crippen LogP) is 6.31. The molecule has 31 heavy (non-hydrogen) atoms. The van der Waals surface area contributed by atoms with Crippen molar-refractivity contribution in [3.63, 3.8) is 0 Å². The lowest BCUT2D eigenvalue weighted by molar-refractivity contribution is -0.111. The van der Waals surface area contributed by atoms with Gasteiger partial charge >= 0.3 is 0 Å². The normalized spacial score (nSPS) is 15.3. The highest BCUT2D eigenvalue weighted by atomic mass is 35.5. The summed E-state index contributed by atoms with van der Waals surface area (Å²) in [5, 5.41) is 21.3. The molecule has 0 bridgehead atoms. The number of nitriles is 1. The lowest BCUT2D eigenvalue weighted by Gasteiger charge is -2.30. The summed E-state index contributed by atoms with van der Waals surface area (Å²) in [6.45, 7) is 10.2. The third-order valence-electron chi connectivity index (χ3n) is 6.04. The summed E-state index contributed by atoms with van der Waals surface area (Å²) in [4.78, 5) is 16.0. The largest absolute Gasteiger partial charge is 0.506 e. The molecule has 4 rings (SSSR count). The molecule has 1 aliphatic rings. The number of carbonyl (C=O) groups is 1. The van der Waals surface area contributed by atoms with Crippen LogP contribution in [0.25, 0.3) is 16.5 Å². The average Bonchev–Trinajstić information content (AvgIpc) is 3.15. The first-order chi connectivity index (χ1) is 14.6. The molecular weight excluding hydrogens is 408 g/mol. The molecule has 0 saturated heterocycles. The number of hydrogen-bond donors (Lipinski definition) is 2. The van der Waals surface area contributed by atoms with Crippen molar-refractivity contribution in [1.82, 2.24) is 4.98 Å². The molecule has 2 aromatic carbocycles. The van der Waals surface area contributed by atoms with E-state index in [0.717, 1.165) is 22.0 Å². The number of aryl methyl sites for hydroxylation is 1. The number of fused-ring (bicyclic) bond motifs is 1. The second-order valence-corrected chi connectivity index (χ2v) is 8.73. The fraction of sp³-hybridized carbons (Fsp3) is 0.154. The Bertz CT molecular complexity index is 1380. The van der Waals surface area contributed by atoms with Gasteiger partial charge in [0.15, 0.2) is 0 Å². The summed E-state index contributed by atoms with van der Waals surface area (Å²) in [5.41, 5.74) is 4.64. The van der Waals surface area contributed by atoms with Gasteiger partial charge in [-0.3, -0.25) is 4.79 Å². The standard InChI is InChI=1S/C26H21ClN2O2/c1-14-5-7-17(27)11-21(14)26(3,4)15(2)9-19-24(30)23(25(19)31)20-13-29-22-8-6-16(12-28)10-18(20)22/h5-11,13,29-30H,2H2,1,3-4H3/b19-9-. The van der Waals surface area contributed by atoms with Gasteiger partial charge in [-0.1, -0.05) is 38.1 Å². The van der Waals surface area contributed by atoms with Crippen LogP contribution in [0.15, 0.2) is 72.2 Å². The summed E-state index contributed by atoms with van der Waals surface area (Å²) < 4.78 is 0. The van der Waals surface area contributed by atoms with E-state index in [0.29, 0.717) is 21.7 Å². The number of benzene rings is 2. The van der Waals surface area contributed by atoms with Crippen molar-refractivity contribution in [3.05, 3.63) is 99.4 Å². The fourth-order valence-corrected chi connectivity index (χ4v) is 4.17. The number of rotatable bonds is 4. The number of hydrogen-bond acceptors (Lipinski definition) is 3. The van der Waals surface area contributed by atoms with Gasteiger partial charge < -0.3 is 10.1 Å². The summed E-state index contributed by atoms with van der Waals surface area (Å²) in [6, 6.07) is 13.0. The number of aromatic nitrogens is 1. The van der Waals surface area contributed by atoms with E-state index in [1.54, 1.807) is 30.5 Å². The Hall–Kier alpha value is -3.55. The molecule has 0 aliphatic heterocycles. The van der Waals surface area contributed by atoms with Crippen molar-refractivity contribution in [2.75, 3.05) is 0 Å². The molecule has 0 unspecified atom stereocenters. The zero-order valence-electron chi connectivity index (χ0n) is 17.5. The molecule has 0 spiro atoms. The Labute approximate surface area is 185 Å². The molecule has 0 saturated carbocycles. The number of halogens is 1. The van der Waals surface area contributed by atoms with Gasteiger partial charge in [0.25, 0.3) is 0 Å². The molecule has 0 amide bonds. The minimum Gasteiger partial charge on any atom is -0.506 e. The van der Waals surface area contributed by atoms with Gasteiger partial charge in [-0.05, 0) is 60.0 Å². The first-order valence-electron chi connectivity index (χ1n) is 9.82. The third-order valence-corrected chi connectivity index (χ3v) is 6.27. The first kappa shape index (κ1) is 20.7. The van der Waals surface area contributed by atoms with E-state index in [1.165, 1.54) is 0 Å². The van der Waals surface area contributed by atoms with Crippen LogP contribution in [-0.2, 0) is 10.2 Å². The highest BCUT2D eigenvalue weighted by Gasteiger charge is 2.37. The van der Waals surface area contributed by atoms with Crippen LogP contribution < -0.4 is 0 Å². The van der Waals surface area contributed by atoms with Crippen molar-refractivity contribution >= 4 is 33.9 Å². The van der Waals surface area contributed by atoms with Crippen molar-refractivity contribution < 1.29 is 9.90 Å². The Balaban J connectivity index is 1.73. The molecule has 0 atom stereocenters. The average molecular weight is 429 g/mol. The molecule has 0 radical (unpaired) electrons. The minimum atomic E-state index is -0.485. The molecule has 1 aromatic heterocycles. The molecule has 3 aromatic rings. The van der Waals surface area contributed by atoms with E-state index in [9.17, 15) is 15.2 Å². The zero-order valence-corrected chi connectivity index (χ0v) is 18.3. The molecule has 4 nitrogen and oxygen atoms in total. The first-order valence-corrected chi connectivity index (χ1v) is 10.2. The minimum absolute atomic E-state index is 0.0620. The Kier molecular flexibility index (Phi) is 4.88. The summed E-state index contributed by atoms with van der Waals surface area (Å²) in [7, 11) is 0. The van der Waals surface area contributed by atoms with E-state index < -0.39 is 5.41 Å². The van der Waals surface area contributed by atoms with E-state index in [4.69, 9.17) is 11.6 Å². The van der Waals surface area contributed by atoms with E-state index in [2.05, 4.69) is 17.6 Å². The van der Waals surface area contributed by atoms with Gasteiger partial charge in [0, 0.05) is 33.1 Å². The fourth-order valence-electron chi connectivity index (χ4n) is 4.00.